The van der Waals surface area contributed by atoms with Crippen molar-refractivity contribution in [3.63, 3.8) is 0 Å². The van der Waals surface area contributed by atoms with Crippen LogP contribution in [0.3, 0.4) is 0 Å². The molecule has 0 spiro atoms. The highest BCUT2D eigenvalue weighted by molar-refractivity contribution is 5.85. The number of carboxylic acids is 1. The summed E-state index contributed by atoms with van der Waals surface area (Å²) < 4.78 is 5.41. The van der Waals surface area contributed by atoms with Gasteiger partial charge in [-0.05, 0) is 30.7 Å². The number of carbonyl (C=O) groups is 3. The number of nitrogens with zero attached hydrogens (tertiary/aromatic N) is 1. The summed E-state index contributed by atoms with van der Waals surface area (Å²) in [7, 11) is 0. The molecule has 1 saturated heterocycles. The highest BCUT2D eigenvalue weighted by Crippen LogP contribution is 2.19. The Kier molecular flexibility index (Phi) is 8.25. The van der Waals surface area contributed by atoms with Crippen LogP contribution in [0.4, 0.5) is 4.79 Å². The predicted molar refractivity (Wildman–Crippen MR) is 103 cm³/mol. The van der Waals surface area contributed by atoms with Crippen LogP contribution in [0.25, 0.3) is 0 Å². The summed E-state index contributed by atoms with van der Waals surface area (Å²) in [4.78, 5) is 37.2. The van der Waals surface area contributed by atoms with Crippen molar-refractivity contribution >= 4 is 18.0 Å². The number of hydrogen-bond donors (Lipinski definition) is 3. The minimum Gasteiger partial charge on any atom is -0.480 e. The first kappa shape index (κ1) is 21.7. The molecule has 1 heterocycles. The van der Waals surface area contributed by atoms with Gasteiger partial charge in [-0.2, -0.15) is 0 Å². The van der Waals surface area contributed by atoms with E-state index >= 15 is 0 Å². The lowest BCUT2D eigenvalue weighted by Gasteiger charge is -2.29. The molecule has 0 bridgehead atoms. The molecule has 1 fully saturated rings. The van der Waals surface area contributed by atoms with Gasteiger partial charge < -0.3 is 15.2 Å². The molecule has 1 aliphatic heterocycles. The molecule has 8 heteroatoms. The molecular formula is C20H29N3O5. The Morgan fingerprint density at radius 1 is 1.25 bits per heavy atom. The zero-order valence-corrected chi connectivity index (χ0v) is 16.4. The molecule has 8 nitrogen and oxygen atoms in total. The summed E-state index contributed by atoms with van der Waals surface area (Å²) in [5.41, 5.74) is 0.908. The Labute approximate surface area is 165 Å². The summed E-state index contributed by atoms with van der Waals surface area (Å²) in [6.07, 6.45) is 1.31. The van der Waals surface area contributed by atoms with Crippen LogP contribution in [-0.4, -0.2) is 53.3 Å². The van der Waals surface area contributed by atoms with E-state index < -0.39 is 24.6 Å². The van der Waals surface area contributed by atoms with Crippen LogP contribution in [0.2, 0.25) is 0 Å². The van der Waals surface area contributed by atoms with Crippen molar-refractivity contribution in [2.24, 2.45) is 5.92 Å². The lowest BCUT2D eigenvalue weighted by atomic mass is 10.0. The third kappa shape index (κ3) is 6.84. The third-order valence-electron chi connectivity index (χ3n) is 4.52. The number of nitrogens with one attached hydrogen (secondary N) is 2. The van der Waals surface area contributed by atoms with Gasteiger partial charge in [-0.25, -0.2) is 4.79 Å². The van der Waals surface area contributed by atoms with Crippen LogP contribution in [0, 0.1) is 5.92 Å². The summed E-state index contributed by atoms with van der Waals surface area (Å²) >= 11 is 0. The summed E-state index contributed by atoms with van der Waals surface area (Å²) in [5.74, 6) is -1.24. The molecule has 0 aromatic heterocycles. The van der Waals surface area contributed by atoms with E-state index in [0.717, 1.165) is 12.0 Å². The number of carbonyl (C=O) groups excluding carboxylic acids is 2. The van der Waals surface area contributed by atoms with Crippen LogP contribution in [0.1, 0.15) is 38.7 Å². The molecule has 28 heavy (non-hydrogen) atoms. The number of likely N-dealkylation sites (tertiary alicyclic amines) is 1. The van der Waals surface area contributed by atoms with E-state index in [-0.39, 0.29) is 24.6 Å². The molecule has 2 atom stereocenters. The van der Waals surface area contributed by atoms with Gasteiger partial charge in [0.05, 0.1) is 12.2 Å². The fourth-order valence-corrected chi connectivity index (χ4v) is 3.20. The molecular weight excluding hydrogens is 362 g/mol. The number of carboxylic acid groups (broad SMARTS) is 1. The number of amides is 2. The van der Waals surface area contributed by atoms with Crippen LogP contribution in [0.5, 0.6) is 0 Å². The van der Waals surface area contributed by atoms with Crippen molar-refractivity contribution in [1.82, 2.24) is 15.5 Å². The Bertz CT molecular complexity index is 665. The lowest BCUT2D eigenvalue weighted by Crippen LogP contribution is -2.54. The second-order valence-corrected chi connectivity index (χ2v) is 7.35. The molecule has 0 radical (unpaired) electrons. The lowest BCUT2D eigenvalue weighted by molar-refractivity contribution is -0.138. The van der Waals surface area contributed by atoms with Crippen molar-refractivity contribution in [3.05, 3.63) is 35.9 Å². The normalized spacial score (nSPS) is 17.4. The molecule has 1 aliphatic rings. The monoisotopic (exact) mass is 391 g/mol. The number of benzene rings is 1. The van der Waals surface area contributed by atoms with Crippen molar-refractivity contribution in [1.29, 1.82) is 0 Å². The highest BCUT2D eigenvalue weighted by Gasteiger charge is 2.33. The van der Waals surface area contributed by atoms with Crippen LogP contribution >= 0.6 is 0 Å². The summed E-state index contributed by atoms with van der Waals surface area (Å²) in [6, 6.07) is 8.87. The molecule has 154 valence electrons. The van der Waals surface area contributed by atoms with Crippen molar-refractivity contribution < 1.29 is 24.2 Å². The van der Waals surface area contributed by atoms with Gasteiger partial charge in [0.2, 0.25) is 5.91 Å². The first-order chi connectivity index (χ1) is 13.4. The maximum absolute atomic E-state index is 12.5. The average molecular weight is 391 g/mol. The Morgan fingerprint density at radius 2 is 1.96 bits per heavy atom. The van der Waals surface area contributed by atoms with Gasteiger partial charge in [0.1, 0.15) is 13.2 Å². The minimum atomic E-state index is -1.09. The standard InChI is InChI=1S/C20H29N3O5/c1-14(2)11-16(19(26)21-12-18(24)25)22-17-9-6-10-23(17)20(27)28-13-15-7-4-3-5-8-15/h3-5,7-8,14,16-17,22H,6,9-13H2,1-2H3,(H,21,26)(H,24,25)/t16-,17-/m0/s1. The quantitative estimate of drug-likeness (QED) is 0.594. The predicted octanol–water partition coefficient (Wildman–Crippen LogP) is 1.95. The first-order valence-corrected chi connectivity index (χ1v) is 9.59. The zero-order chi connectivity index (χ0) is 20.5. The van der Waals surface area contributed by atoms with Gasteiger partial charge in [0, 0.05) is 6.54 Å². The average Bonchev–Trinajstić information content (AvgIpc) is 3.12. The van der Waals surface area contributed by atoms with Gasteiger partial charge >= 0.3 is 12.1 Å². The first-order valence-electron chi connectivity index (χ1n) is 9.59. The second kappa shape index (κ2) is 10.7. The Balaban J connectivity index is 1.94. The van der Waals surface area contributed by atoms with Crippen LogP contribution in [0.15, 0.2) is 30.3 Å². The number of ether oxygens (including phenoxy) is 1. The Hall–Kier alpha value is -2.61. The van der Waals surface area contributed by atoms with E-state index in [4.69, 9.17) is 9.84 Å². The molecule has 0 unspecified atom stereocenters. The molecule has 1 aromatic rings. The number of hydrogen-bond acceptors (Lipinski definition) is 5. The van der Waals surface area contributed by atoms with E-state index in [1.54, 1.807) is 4.90 Å². The van der Waals surface area contributed by atoms with Gasteiger partial charge in [0.25, 0.3) is 0 Å². The summed E-state index contributed by atoms with van der Waals surface area (Å²) in [6.45, 7) is 4.29. The van der Waals surface area contributed by atoms with E-state index in [1.807, 2.05) is 44.2 Å². The van der Waals surface area contributed by atoms with Gasteiger partial charge in [0.15, 0.2) is 0 Å². The van der Waals surface area contributed by atoms with Crippen molar-refractivity contribution in [2.75, 3.05) is 13.1 Å². The van der Waals surface area contributed by atoms with Crippen LogP contribution < -0.4 is 10.6 Å². The SMILES string of the molecule is CC(C)C[C@H](N[C@@H]1CCCN1C(=O)OCc1ccccc1)C(=O)NCC(=O)O. The minimum absolute atomic E-state index is 0.192. The van der Waals surface area contributed by atoms with E-state index in [0.29, 0.717) is 19.4 Å². The van der Waals surface area contributed by atoms with Crippen molar-refractivity contribution in [3.8, 4) is 0 Å². The molecule has 1 aromatic carbocycles. The molecule has 2 amide bonds. The Morgan fingerprint density at radius 3 is 2.61 bits per heavy atom. The molecule has 0 aliphatic carbocycles. The van der Waals surface area contributed by atoms with E-state index in [9.17, 15) is 14.4 Å². The maximum atomic E-state index is 12.5. The molecule has 2 rings (SSSR count). The van der Waals surface area contributed by atoms with Gasteiger partial charge in [-0.1, -0.05) is 44.2 Å². The van der Waals surface area contributed by atoms with Crippen molar-refractivity contribution in [2.45, 2.75) is 51.9 Å². The number of aliphatic carboxylic acids is 1. The zero-order valence-electron chi connectivity index (χ0n) is 16.4. The summed E-state index contributed by atoms with van der Waals surface area (Å²) in [5, 5.41) is 14.4. The van der Waals surface area contributed by atoms with Crippen LogP contribution in [-0.2, 0) is 20.9 Å². The van der Waals surface area contributed by atoms with E-state index in [2.05, 4.69) is 10.6 Å². The fraction of sp³-hybridized carbons (Fsp3) is 0.550. The van der Waals surface area contributed by atoms with E-state index in [1.165, 1.54) is 0 Å². The third-order valence-corrected chi connectivity index (χ3v) is 4.52. The smallest absolute Gasteiger partial charge is 0.411 e. The topological polar surface area (TPSA) is 108 Å². The molecule has 0 saturated carbocycles. The largest absolute Gasteiger partial charge is 0.480 e. The van der Waals surface area contributed by atoms with Gasteiger partial charge in [-0.15, -0.1) is 0 Å². The highest BCUT2D eigenvalue weighted by atomic mass is 16.6. The molecule has 3 N–H and O–H groups in total. The number of rotatable bonds is 9. The second-order valence-electron chi connectivity index (χ2n) is 7.35. The van der Waals surface area contributed by atoms with Gasteiger partial charge in [-0.3, -0.25) is 19.8 Å². The fourth-order valence-electron chi connectivity index (χ4n) is 3.20. The maximum Gasteiger partial charge on any atom is 0.411 e.